The summed E-state index contributed by atoms with van der Waals surface area (Å²) in [7, 11) is 1.56. The summed E-state index contributed by atoms with van der Waals surface area (Å²) in [5.74, 6) is 1.57. The fraction of sp³-hybridized carbons (Fsp3) is 0.871. The normalized spacial score (nSPS) is 54.1. The zero-order valence-electron chi connectivity index (χ0n) is 23.2. The van der Waals surface area contributed by atoms with E-state index in [-0.39, 0.29) is 39.0 Å². The highest BCUT2D eigenvalue weighted by molar-refractivity contribution is 5.78. The minimum absolute atomic E-state index is 0.00192. The molecule has 0 amide bonds. The summed E-state index contributed by atoms with van der Waals surface area (Å²) in [6.45, 7) is 18.3. The molecule has 0 heterocycles. The highest BCUT2D eigenvalue weighted by atomic mass is 16.5. The number of allylic oxidation sites excluding steroid dienone is 1. The largest absolute Gasteiger partial charge is 0.469 e. The van der Waals surface area contributed by atoms with Crippen LogP contribution in [0.3, 0.4) is 0 Å². The lowest BCUT2D eigenvalue weighted by atomic mass is 9.34. The highest BCUT2D eigenvalue weighted by Gasteiger charge is 2.75. The molecule has 11 atom stereocenters. The summed E-state index contributed by atoms with van der Waals surface area (Å²) in [4.78, 5) is 25.9. The van der Waals surface area contributed by atoms with Gasteiger partial charge in [-0.3, -0.25) is 4.79 Å². The molecule has 5 saturated carbocycles. The molecule has 0 bridgehead atoms. The molecule has 1 N–H and O–H groups in total. The second-order valence-electron chi connectivity index (χ2n) is 14.6. The predicted molar refractivity (Wildman–Crippen MR) is 137 cm³/mol. The van der Waals surface area contributed by atoms with Crippen LogP contribution in [-0.4, -0.2) is 30.6 Å². The molecule has 4 nitrogen and oxygen atoms in total. The number of aliphatic hydroxyl groups is 1. The molecule has 5 rings (SSSR count). The summed E-state index contributed by atoms with van der Waals surface area (Å²) in [5, 5.41) is 11.3. The fourth-order valence-electron chi connectivity index (χ4n) is 11.9. The van der Waals surface area contributed by atoms with E-state index in [4.69, 9.17) is 4.74 Å². The van der Waals surface area contributed by atoms with Gasteiger partial charge >= 0.3 is 5.97 Å². The van der Waals surface area contributed by atoms with Gasteiger partial charge in [0.15, 0.2) is 0 Å². The summed E-state index contributed by atoms with van der Waals surface area (Å²) >= 11 is 0. The number of esters is 1. The van der Waals surface area contributed by atoms with Gasteiger partial charge in [-0.05, 0) is 110 Å². The first-order chi connectivity index (χ1) is 16.3. The zero-order chi connectivity index (χ0) is 25.8. The van der Waals surface area contributed by atoms with Crippen molar-refractivity contribution in [1.29, 1.82) is 0 Å². The van der Waals surface area contributed by atoms with E-state index in [9.17, 15) is 14.7 Å². The van der Waals surface area contributed by atoms with Crippen LogP contribution in [0, 0.1) is 62.6 Å². The maximum Gasteiger partial charge on any atom is 0.312 e. The molecule has 5 aliphatic rings. The molecule has 0 spiro atoms. The minimum Gasteiger partial charge on any atom is -0.469 e. The van der Waals surface area contributed by atoms with Gasteiger partial charge in [0.1, 0.15) is 6.29 Å². The summed E-state index contributed by atoms with van der Waals surface area (Å²) in [5.41, 5.74) is 0.579. The van der Waals surface area contributed by atoms with Gasteiger partial charge in [-0.1, -0.05) is 46.8 Å². The van der Waals surface area contributed by atoms with Gasteiger partial charge in [-0.15, -0.1) is 0 Å². The van der Waals surface area contributed by atoms with Crippen LogP contribution in [0.2, 0.25) is 0 Å². The standard InChI is InChI=1S/C31H48O4/c1-18(2)19-11-14-31(26(34)35-8)16-15-28(5)20(24(19)31)9-10-23-29(28,6)13-12-22-27(3,4)25(33)21(17-32)30(22,23)7/h17,19-25,33H,1,9-16H2,2-8H3. The highest BCUT2D eigenvalue weighted by Crippen LogP contribution is 2.78. The second-order valence-corrected chi connectivity index (χ2v) is 14.6. The van der Waals surface area contributed by atoms with Gasteiger partial charge in [0, 0.05) is 5.92 Å². The predicted octanol–water partition coefficient (Wildman–Crippen LogP) is 6.21. The van der Waals surface area contributed by atoms with E-state index in [0.29, 0.717) is 29.6 Å². The first-order valence-electron chi connectivity index (χ1n) is 14.1. The first-order valence-corrected chi connectivity index (χ1v) is 14.1. The third-order valence-electron chi connectivity index (χ3n) is 13.7. The number of hydrogen-bond donors (Lipinski definition) is 1. The zero-order valence-corrected chi connectivity index (χ0v) is 23.2. The van der Waals surface area contributed by atoms with Crippen molar-refractivity contribution < 1.29 is 19.4 Å². The molecule has 0 aromatic carbocycles. The fourth-order valence-corrected chi connectivity index (χ4v) is 11.9. The molecule has 5 aliphatic carbocycles. The Kier molecular flexibility index (Phi) is 5.59. The number of aldehydes is 1. The van der Waals surface area contributed by atoms with E-state index in [1.807, 2.05) is 0 Å². The smallest absolute Gasteiger partial charge is 0.312 e. The molecule has 35 heavy (non-hydrogen) atoms. The van der Waals surface area contributed by atoms with Gasteiger partial charge in [0.25, 0.3) is 0 Å². The Morgan fingerprint density at radius 1 is 0.943 bits per heavy atom. The average Bonchev–Trinajstić information content (AvgIpc) is 3.26. The molecular formula is C31H48O4. The molecular weight excluding hydrogens is 436 g/mol. The lowest BCUT2D eigenvalue weighted by Crippen LogP contribution is -2.65. The summed E-state index contributed by atoms with van der Waals surface area (Å²) < 4.78 is 5.47. The molecule has 196 valence electrons. The maximum atomic E-state index is 13.4. The number of methoxy groups -OCH3 is 1. The molecule has 0 aliphatic heterocycles. The van der Waals surface area contributed by atoms with Crippen molar-refractivity contribution in [1.82, 2.24) is 0 Å². The first kappa shape index (κ1) is 25.5. The molecule has 0 aromatic heterocycles. The van der Waals surface area contributed by atoms with Crippen molar-refractivity contribution in [3.05, 3.63) is 12.2 Å². The van der Waals surface area contributed by atoms with Crippen molar-refractivity contribution >= 4 is 12.3 Å². The average molecular weight is 485 g/mol. The van der Waals surface area contributed by atoms with Crippen molar-refractivity contribution in [2.45, 2.75) is 99.0 Å². The number of ether oxygens (including phenoxy) is 1. The van der Waals surface area contributed by atoms with Gasteiger partial charge < -0.3 is 14.6 Å². The maximum absolute atomic E-state index is 13.4. The molecule has 11 unspecified atom stereocenters. The van der Waals surface area contributed by atoms with E-state index in [0.717, 1.165) is 57.7 Å². The van der Waals surface area contributed by atoms with Crippen LogP contribution in [0.15, 0.2) is 12.2 Å². The Hall–Kier alpha value is -1.16. The third kappa shape index (κ3) is 2.79. The van der Waals surface area contributed by atoms with Crippen LogP contribution >= 0.6 is 0 Å². The lowest BCUT2D eigenvalue weighted by Gasteiger charge is -2.70. The van der Waals surface area contributed by atoms with Crippen LogP contribution in [-0.2, 0) is 14.3 Å². The van der Waals surface area contributed by atoms with Gasteiger partial charge in [0.05, 0.1) is 18.6 Å². The molecule has 5 fully saturated rings. The number of fused-ring (bicyclic) bond motifs is 7. The van der Waals surface area contributed by atoms with E-state index in [1.54, 1.807) is 7.11 Å². The van der Waals surface area contributed by atoms with E-state index in [2.05, 4.69) is 48.1 Å². The quantitative estimate of drug-likeness (QED) is 0.294. The monoisotopic (exact) mass is 484 g/mol. The number of rotatable bonds is 3. The van der Waals surface area contributed by atoms with Crippen LogP contribution in [0.4, 0.5) is 0 Å². The SMILES string of the molecule is C=C(C)C1CCC2(C(=O)OC)CCC3(C)C(CCC4C5(C)C(C=O)C(O)C(C)(C)C5CCC43C)C12. The number of hydrogen-bond acceptors (Lipinski definition) is 4. The Morgan fingerprint density at radius 2 is 1.63 bits per heavy atom. The Morgan fingerprint density at radius 3 is 2.23 bits per heavy atom. The molecule has 4 heteroatoms. The van der Waals surface area contributed by atoms with Crippen molar-refractivity contribution in [2.75, 3.05) is 7.11 Å². The molecule has 0 radical (unpaired) electrons. The van der Waals surface area contributed by atoms with E-state index in [1.165, 1.54) is 5.57 Å². The lowest BCUT2D eigenvalue weighted by molar-refractivity contribution is -0.226. The van der Waals surface area contributed by atoms with Crippen molar-refractivity contribution in [3.8, 4) is 0 Å². The van der Waals surface area contributed by atoms with Crippen molar-refractivity contribution in [2.24, 2.45) is 62.6 Å². The molecule has 0 saturated heterocycles. The summed E-state index contributed by atoms with van der Waals surface area (Å²) in [6.07, 6.45) is 8.78. The van der Waals surface area contributed by atoms with Gasteiger partial charge in [-0.2, -0.15) is 0 Å². The summed E-state index contributed by atoms with van der Waals surface area (Å²) in [6, 6.07) is 0. The van der Waals surface area contributed by atoms with Crippen LogP contribution in [0.5, 0.6) is 0 Å². The van der Waals surface area contributed by atoms with Gasteiger partial charge in [-0.25, -0.2) is 0 Å². The topological polar surface area (TPSA) is 63.6 Å². The number of carbonyl (C=O) groups is 2. The second kappa shape index (κ2) is 7.68. The Labute approximate surface area is 212 Å². The van der Waals surface area contributed by atoms with Crippen molar-refractivity contribution in [3.63, 3.8) is 0 Å². The number of carbonyl (C=O) groups excluding carboxylic acids is 2. The van der Waals surface area contributed by atoms with Gasteiger partial charge in [0.2, 0.25) is 0 Å². The van der Waals surface area contributed by atoms with E-state index >= 15 is 0 Å². The number of aliphatic hydroxyl groups excluding tert-OH is 1. The Bertz CT molecular complexity index is 938. The Balaban J connectivity index is 1.60. The van der Waals surface area contributed by atoms with Crippen LogP contribution in [0.25, 0.3) is 0 Å². The van der Waals surface area contributed by atoms with Crippen LogP contribution in [0.1, 0.15) is 92.9 Å². The molecule has 0 aromatic rings. The van der Waals surface area contributed by atoms with E-state index < -0.39 is 6.10 Å². The minimum atomic E-state index is -0.580. The third-order valence-corrected chi connectivity index (χ3v) is 13.7. The van der Waals surface area contributed by atoms with Crippen LogP contribution < -0.4 is 0 Å².